The van der Waals surface area contributed by atoms with E-state index < -0.39 is 5.82 Å². The molecule has 1 aliphatic heterocycles. The van der Waals surface area contributed by atoms with Crippen molar-refractivity contribution in [1.82, 2.24) is 4.98 Å². The fourth-order valence-corrected chi connectivity index (χ4v) is 1.86. The van der Waals surface area contributed by atoms with Gasteiger partial charge in [0.15, 0.2) is 11.6 Å². The zero-order valence-electron chi connectivity index (χ0n) is 8.00. The lowest BCUT2D eigenvalue weighted by atomic mass is 10.3. The van der Waals surface area contributed by atoms with Crippen LogP contribution in [0.2, 0.25) is 5.15 Å². The van der Waals surface area contributed by atoms with E-state index in [9.17, 15) is 4.39 Å². The highest BCUT2D eigenvalue weighted by Crippen LogP contribution is 2.25. The third kappa shape index (κ3) is 1.88. The molecular formula is C10H9ClFN3. The van der Waals surface area contributed by atoms with E-state index in [1.807, 2.05) is 4.90 Å². The van der Waals surface area contributed by atoms with Crippen molar-refractivity contribution in [3.63, 3.8) is 0 Å². The topological polar surface area (TPSA) is 39.9 Å². The average Bonchev–Trinajstić information content (AvgIpc) is 2.74. The van der Waals surface area contributed by atoms with Crippen molar-refractivity contribution in [2.45, 2.75) is 12.8 Å². The molecule has 0 aliphatic carbocycles. The molecule has 1 aromatic heterocycles. The molecule has 3 nitrogen and oxygen atoms in total. The number of nitriles is 1. The van der Waals surface area contributed by atoms with Crippen LogP contribution >= 0.6 is 11.6 Å². The monoisotopic (exact) mass is 225 g/mol. The second-order valence-corrected chi connectivity index (χ2v) is 3.80. The summed E-state index contributed by atoms with van der Waals surface area (Å²) in [5.74, 6) is -0.214. The summed E-state index contributed by atoms with van der Waals surface area (Å²) in [5, 5.41) is 8.71. The van der Waals surface area contributed by atoms with Crippen LogP contribution in [-0.4, -0.2) is 18.1 Å². The minimum Gasteiger partial charge on any atom is -0.354 e. The fraction of sp³-hybridized carbons (Fsp3) is 0.400. The van der Waals surface area contributed by atoms with Crippen molar-refractivity contribution in [2.75, 3.05) is 18.0 Å². The molecule has 0 radical (unpaired) electrons. The molecule has 1 fully saturated rings. The number of rotatable bonds is 1. The van der Waals surface area contributed by atoms with Crippen molar-refractivity contribution < 1.29 is 4.39 Å². The third-order valence-electron chi connectivity index (χ3n) is 2.44. The van der Waals surface area contributed by atoms with Crippen molar-refractivity contribution in [3.05, 3.63) is 22.6 Å². The molecule has 0 atom stereocenters. The first-order valence-electron chi connectivity index (χ1n) is 4.73. The van der Waals surface area contributed by atoms with Gasteiger partial charge in [-0.1, -0.05) is 11.6 Å². The Morgan fingerprint density at radius 1 is 1.47 bits per heavy atom. The quantitative estimate of drug-likeness (QED) is 0.689. The lowest BCUT2D eigenvalue weighted by molar-refractivity contribution is 0.615. The van der Waals surface area contributed by atoms with Crippen molar-refractivity contribution in [3.8, 4) is 6.07 Å². The van der Waals surface area contributed by atoms with Gasteiger partial charge in [0.2, 0.25) is 0 Å². The van der Waals surface area contributed by atoms with Gasteiger partial charge in [-0.2, -0.15) is 5.26 Å². The molecule has 5 heteroatoms. The molecule has 0 amide bonds. The molecule has 0 unspecified atom stereocenters. The number of halogens is 2. The molecule has 0 saturated carbocycles. The number of nitrogens with zero attached hydrogens (tertiary/aromatic N) is 3. The van der Waals surface area contributed by atoms with Crippen LogP contribution < -0.4 is 4.90 Å². The van der Waals surface area contributed by atoms with E-state index in [1.165, 1.54) is 0 Å². The predicted molar refractivity (Wildman–Crippen MR) is 55.4 cm³/mol. The summed E-state index contributed by atoms with van der Waals surface area (Å²) < 4.78 is 13.6. The molecule has 1 aromatic rings. The van der Waals surface area contributed by atoms with Gasteiger partial charge in [-0.3, -0.25) is 0 Å². The van der Waals surface area contributed by atoms with Crippen molar-refractivity contribution in [1.29, 1.82) is 5.26 Å². The van der Waals surface area contributed by atoms with Gasteiger partial charge in [0.1, 0.15) is 11.2 Å². The highest BCUT2D eigenvalue weighted by Gasteiger charge is 2.19. The lowest BCUT2D eigenvalue weighted by Crippen LogP contribution is -2.20. The summed E-state index contributed by atoms with van der Waals surface area (Å²) in [6, 6.07) is 2.94. The largest absolute Gasteiger partial charge is 0.354 e. The fourth-order valence-electron chi connectivity index (χ4n) is 1.69. The summed E-state index contributed by atoms with van der Waals surface area (Å²) in [6.45, 7) is 1.60. The van der Waals surface area contributed by atoms with Gasteiger partial charge in [0.25, 0.3) is 0 Å². The van der Waals surface area contributed by atoms with Gasteiger partial charge in [-0.15, -0.1) is 0 Å². The molecule has 1 saturated heterocycles. The molecule has 0 bridgehead atoms. The Kier molecular flexibility index (Phi) is 2.74. The molecule has 0 spiro atoms. The Morgan fingerprint density at radius 2 is 2.13 bits per heavy atom. The first-order valence-corrected chi connectivity index (χ1v) is 5.11. The zero-order valence-corrected chi connectivity index (χ0v) is 8.76. The summed E-state index contributed by atoms with van der Waals surface area (Å²) in [5.41, 5.74) is 0.0807. The molecule has 0 N–H and O–H groups in total. The minimum atomic E-state index is -0.474. The maximum atomic E-state index is 13.6. The van der Waals surface area contributed by atoms with Crippen LogP contribution in [0.1, 0.15) is 18.4 Å². The highest BCUT2D eigenvalue weighted by molar-refractivity contribution is 6.30. The second-order valence-electron chi connectivity index (χ2n) is 3.44. The molecule has 1 aliphatic rings. The zero-order chi connectivity index (χ0) is 10.8. The Hall–Kier alpha value is -1.34. The summed E-state index contributed by atoms with van der Waals surface area (Å²) >= 11 is 5.75. The first-order chi connectivity index (χ1) is 7.22. The van der Waals surface area contributed by atoms with E-state index >= 15 is 0 Å². The van der Waals surface area contributed by atoms with E-state index in [4.69, 9.17) is 16.9 Å². The average molecular weight is 226 g/mol. The van der Waals surface area contributed by atoms with Crippen LogP contribution in [0.15, 0.2) is 6.07 Å². The molecular weight excluding hydrogens is 217 g/mol. The predicted octanol–water partition coefficient (Wildman–Crippen LogP) is 2.35. The van der Waals surface area contributed by atoms with Gasteiger partial charge in [0, 0.05) is 13.1 Å². The van der Waals surface area contributed by atoms with Crippen LogP contribution in [0.5, 0.6) is 0 Å². The standard InChI is InChI=1S/C10H9ClFN3/c11-9-7(6-13)5-8(12)10(14-9)15-3-1-2-4-15/h5H,1-4H2. The van der Waals surface area contributed by atoms with Crippen LogP contribution in [0.25, 0.3) is 0 Å². The van der Waals surface area contributed by atoms with E-state index in [2.05, 4.69) is 4.98 Å². The molecule has 0 aromatic carbocycles. The van der Waals surface area contributed by atoms with Gasteiger partial charge in [-0.05, 0) is 18.9 Å². The number of aromatic nitrogens is 1. The van der Waals surface area contributed by atoms with Crippen molar-refractivity contribution >= 4 is 17.4 Å². The number of hydrogen-bond acceptors (Lipinski definition) is 3. The van der Waals surface area contributed by atoms with E-state index in [0.717, 1.165) is 32.0 Å². The third-order valence-corrected chi connectivity index (χ3v) is 2.73. The van der Waals surface area contributed by atoms with Crippen molar-refractivity contribution in [2.24, 2.45) is 0 Å². The first kappa shape index (κ1) is 10.2. The van der Waals surface area contributed by atoms with Crippen LogP contribution in [0, 0.1) is 17.1 Å². The minimum absolute atomic E-state index is 0.0702. The lowest BCUT2D eigenvalue weighted by Gasteiger charge is -2.17. The number of hydrogen-bond donors (Lipinski definition) is 0. The van der Waals surface area contributed by atoms with Crippen LogP contribution in [0.3, 0.4) is 0 Å². The maximum absolute atomic E-state index is 13.6. The molecule has 15 heavy (non-hydrogen) atoms. The Bertz CT molecular complexity index is 421. The Morgan fingerprint density at radius 3 is 2.73 bits per heavy atom. The summed E-state index contributed by atoms with van der Waals surface area (Å²) in [4.78, 5) is 5.77. The van der Waals surface area contributed by atoms with Gasteiger partial charge < -0.3 is 4.90 Å². The van der Waals surface area contributed by atoms with Gasteiger partial charge >= 0.3 is 0 Å². The Labute approximate surface area is 92.1 Å². The normalized spacial score (nSPS) is 15.4. The summed E-state index contributed by atoms with van der Waals surface area (Å²) in [7, 11) is 0. The van der Waals surface area contributed by atoms with Gasteiger partial charge in [-0.25, -0.2) is 9.37 Å². The number of pyridine rings is 1. The van der Waals surface area contributed by atoms with E-state index in [1.54, 1.807) is 6.07 Å². The molecule has 2 heterocycles. The maximum Gasteiger partial charge on any atom is 0.167 e. The van der Waals surface area contributed by atoms with E-state index in [-0.39, 0.29) is 16.5 Å². The smallest absolute Gasteiger partial charge is 0.167 e. The Balaban J connectivity index is 2.40. The second kappa shape index (κ2) is 4.03. The highest BCUT2D eigenvalue weighted by atomic mass is 35.5. The van der Waals surface area contributed by atoms with E-state index in [0.29, 0.717) is 0 Å². The molecule has 2 rings (SSSR count). The van der Waals surface area contributed by atoms with Crippen LogP contribution in [-0.2, 0) is 0 Å². The number of anilines is 1. The van der Waals surface area contributed by atoms with Crippen LogP contribution in [0.4, 0.5) is 10.2 Å². The summed E-state index contributed by atoms with van der Waals surface area (Å²) in [6.07, 6.45) is 2.08. The molecule has 78 valence electrons. The SMILES string of the molecule is N#Cc1cc(F)c(N2CCCC2)nc1Cl. The van der Waals surface area contributed by atoms with Gasteiger partial charge in [0.05, 0.1) is 5.56 Å².